The third-order valence-electron chi connectivity index (χ3n) is 3.41. The van der Waals surface area contributed by atoms with Gasteiger partial charge in [-0.2, -0.15) is 5.10 Å². The van der Waals surface area contributed by atoms with Gasteiger partial charge in [0.15, 0.2) is 0 Å². The first kappa shape index (κ1) is 15.5. The van der Waals surface area contributed by atoms with Crippen molar-refractivity contribution in [2.45, 2.75) is 33.7 Å². The highest BCUT2D eigenvalue weighted by Gasteiger charge is 2.05. The fraction of sp³-hybridized carbons (Fsp3) is 0.375. The van der Waals surface area contributed by atoms with Crippen molar-refractivity contribution < 1.29 is 0 Å². The third kappa shape index (κ3) is 4.04. The second-order valence-corrected chi connectivity index (χ2v) is 5.78. The van der Waals surface area contributed by atoms with Gasteiger partial charge in [-0.25, -0.2) is 0 Å². The first-order valence-corrected chi connectivity index (χ1v) is 7.53. The molecule has 5 heteroatoms. The molecule has 0 bridgehead atoms. The van der Waals surface area contributed by atoms with E-state index < -0.39 is 0 Å². The van der Waals surface area contributed by atoms with Crippen molar-refractivity contribution in [1.29, 1.82) is 0 Å². The fourth-order valence-electron chi connectivity index (χ4n) is 2.37. The molecule has 0 atom stereocenters. The molecule has 2 rings (SSSR count). The van der Waals surface area contributed by atoms with Gasteiger partial charge < -0.3 is 11.1 Å². The molecule has 0 aliphatic rings. The Labute approximate surface area is 131 Å². The zero-order chi connectivity index (χ0) is 15.4. The van der Waals surface area contributed by atoms with Crippen LogP contribution in [0.4, 0.5) is 5.69 Å². The molecular formula is C16H22N4S. The van der Waals surface area contributed by atoms with Crippen molar-refractivity contribution in [1.82, 2.24) is 9.78 Å². The Balaban J connectivity index is 1.92. The molecule has 0 aliphatic carbocycles. The number of aryl methyl sites for hydroxylation is 4. The van der Waals surface area contributed by atoms with E-state index >= 15 is 0 Å². The average Bonchev–Trinajstić information content (AvgIpc) is 2.74. The summed E-state index contributed by atoms with van der Waals surface area (Å²) in [7, 11) is 0. The maximum absolute atomic E-state index is 5.78. The van der Waals surface area contributed by atoms with Crippen molar-refractivity contribution in [3.63, 3.8) is 0 Å². The van der Waals surface area contributed by atoms with Gasteiger partial charge in [-0.05, 0) is 45.4 Å². The minimum atomic E-state index is 0.430. The molecule has 0 unspecified atom stereocenters. The zero-order valence-electron chi connectivity index (χ0n) is 12.8. The van der Waals surface area contributed by atoms with Gasteiger partial charge >= 0.3 is 0 Å². The summed E-state index contributed by atoms with van der Waals surface area (Å²) in [5.41, 5.74) is 11.1. The summed E-state index contributed by atoms with van der Waals surface area (Å²) in [5, 5.41) is 7.87. The molecule has 3 N–H and O–H groups in total. The average molecular weight is 302 g/mol. The van der Waals surface area contributed by atoms with Crippen LogP contribution in [-0.2, 0) is 6.54 Å². The minimum absolute atomic E-state index is 0.430. The van der Waals surface area contributed by atoms with Gasteiger partial charge in [0.25, 0.3) is 0 Å². The SMILES string of the molecule is Cc1ccc(NCCCn2nc(C)cc2C)c(C(N)=S)c1. The summed E-state index contributed by atoms with van der Waals surface area (Å²) in [6, 6.07) is 8.21. The van der Waals surface area contributed by atoms with E-state index in [9.17, 15) is 0 Å². The molecule has 2 aromatic rings. The van der Waals surface area contributed by atoms with Crippen molar-refractivity contribution in [3.8, 4) is 0 Å². The molecule has 0 saturated carbocycles. The Morgan fingerprint density at radius 2 is 2.05 bits per heavy atom. The summed E-state index contributed by atoms with van der Waals surface area (Å²) in [5.74, 6) is 0. The number of thiocarbonyl (C=S) groups is 1. The summed E-state index contributed by atoms with van der Waals surface area (Å²) in [4.78, 5) is 0.430. The fourth-order valence-corrected chi connectivity index (χ4v) is 2.54. The van der Waals surface area contributed by atoms with Crippen LogP contribution in [0.2, 0.25) is 0 Å². The Morgan fingerprint density at radius 3 is 2.67 bits per heavy atom. The molecule has 0 radical (unpaired) electrons. The lowest BCUT2D eigenvalue weighted by atomic mass is 10.1. The number of nitrogens with zero attached hydrogens (tertiary/aromatic N) is 2. The molecule has 1 aromatic carbocycles. The van der Waals surface area contributed by atoms with Crippen LogP contribution in [-0.4, -0.2) is 21.3 Å². The lowest BCUT2D eigenvalue weighted by Crippen LogP contribution is -2.15. The lowest BCUT2D eigenvalue weighted by molar-refractivity contribution is 0.574. The molecule has 1 aromatic heterocycles. The zero-order valence-corrected chi connectivity index (χ0v) is 13.6. The number of rotatable bonds is 6. The van der Waals surface area contributed by atoms with Crippen LogP contribution in [0.1, 0.15) is 28.9 Å². The predicted octanol–water partition coefficient (Wildman–Crippen LogP) is 2.94. The second-order valence-electron chi connectivity index (χ2n) is 5.34. The van der Waals surface area contributed by atoms with E-state index in [1.165, 1.54) is 5.69 Å². The van der Waals surface area contributed by atoms with E-state index in [4.69, 9.17) is 18.0 Å². The molecule has 1 heterocycles. The number of hydrogen-bond donors (Lipinski definition) is 2. The maximum atomic E-state index is 5.78. The standard InChI is InChI=1S/C16H22N4S/c1-11-5-6-15(14(9-11)16(17)21)18-7-4-8-20-13(3)10-12(2)19-20/h5-6,9-10,18H,4,7-8H2,1-3H3,(H2,17,21). The molecule has 21 heavy (non-hydrogen) atoms. The van der Waals surface area contributed by atoms with Gasteiger partial charge in [0, 0.05) is 30.0 Å². The van der Waals surface area contributed by atoms with Gasteiger partial charge in [-0.1, -0.05) is 23.8 Å². The van der Waals surface area contributed by atoms with E-state index in [0.29, 0.717) is 4.99 Å². The molecule has 0 saturated heterocycles. The predicted molar refractivity (Wildman–Crippen MR) is 91.9 cm³/mol. The van der Waals surface area contributed by atoms with Crippen LogP contribution in [0, 0.1) is 20.8 Å². The molecule has 0 amide bonds. The van der Waals surface area contributed by atoms with E-state index in [1.54, 1.807) is 0 Å². The van der Waals surface area contributed by atoms with Crippen LogP contribution in [0.3, 0.4) is 0 Å². The monoisotopic (exact) mass is 302 g/mol. The second kappa shape index (κ2) is 6.72. The molecule has 4 nitrogen and oxygen atoms in total. The largest absolute Gasteiger partial charge is 0.389 e. The summed E-state index contributed by atoms with van der Waals surface area (Å²) < 4.78 is 2.04. The smallest absolute Gasteiger partial charge is 0.106 e. The van der Waals surface area contributed by atoms with Gasteiger partial charge in [-0.15, -0.1) is 0 Å². The van der Waals surface area contributed by atoms with Crippen molar-refractivity contribution in [3.05, 3.63) is 46.8 Å². The Morgan fingerprint density at radius 1 is 1.29 bits per heavy atom. The highest BCUT2D eigenvalue weighted by atomic mass is 32.1. The topological polar surface area (TPSA) is 55.9 Å². The lowest BCUT2D eigenvalue weighted by Gasteiger charge is -2.12. The molecular weight excluding hydrogens is 280 g/mol. The summed E-state index contributed by atoms with van der Waals surface area (Å²) in [6.45, 7) is 7.90. The van der Waals surface area contributed by atoms with E-state index in [2.05, 4.69) is 29.5 Å². The maximum Gasteiger partial charge on any atom is 0.106 e. The minimum Gasteiger partial charge on any atom is -0.389 e. The summed E-state index contributed by atoms with van der Waals surface area (Å²) >= 11 is 5.11. The Hall–Kier alpha value is -1.88. The Kier molecular flexibility index (Phi) is 4.96. The quantitative estimate of drug-likeness (QED) is 0.636. The highest BCUT2D eigenvalue weighted by Crippen LogP contribution is 2.17. The number of anilines is 1. The summed E-state index contributed by atoms with van der Waals surface area (Å²) in [6.07, 6.45) is 0.993. The van der Waals surface area contributed by atoms with E-state index in [-0.39, 0.29) is 0 Å². The molecule has 0 aliphatic heterocycles. The van der Waals surface area contributed by atoms with Gasteiger partial charge in [0.2, 0.25) is 0 Å². The Bertz CT molecular complexity index is 646. The molecule has 112 valence electrons. The molecule has 0 fully saturated rings. The first-order valence-electron chi connectivity index (χ1n) is 7.13. The van der Waals surface area contributed by atoms with E-state index in [0.717, 1.165) is 42.0 Å². The van der Waals surface area contributed by atoms with Gasteiger partial charge in [0.1, 0.15) is 4.99 Å². The first-order chi connectivity index (χ1) is 9.97. The van der Waals surface area contributed by atoms with Crippen LogP contribution < -0.4 is 11.1 Å². The van der Waals surface area contributed by atoms with Crippen molar-refractivity contribution >= 4 is 22.9 Å². The van der Waals surface area contributed by atoms with Crippen LogP contribution >= 0.6 is 12.2 Å². The number of benzene rings is 1. The normalized spacial score (nSPS) is 10.6. The number of aromatic nitrogens is 2. The number of hydrogen-bond acceptors (Lipinski definition) is 3. The highest BCUT2D eigenvalue weighted by molar-refractivity contribution is 7.80. The number of nitrogens with two attached hydrogens (primary N) is 1. The molecule has 0 spiro atoms. The van der Waals surface area contributed by atoms with Crippen LogP contribution in [0.25, 0.3) is 0 Å². The van der Waals surface area contributed by atoms with Crippen LogP contribution in [0.15, 0.2) is 24.3 Å². The number of nitrogens with one attached hydrogen (secondary N) is 1. The van der Waals surface area contributed by atoms with E-state index in [1.807, 2.05) is 30.7 Å². The van der Waals surface area contributed by atoms with Gasteiger partial charge in [-0.3, -0.25) is 4.68 Å². The van der Waals surface area contributed by atoms with Crippen molar-refractivity contribution in [2.24, 2.45) is 5.73 Å². The van der Waals surface area contributed by atoms with Gasteiger partial charge in [0.05, 0.1) is 5.69 Å². The third-order valence-corrected chi connectivity index (χ3v) is 3.63. The van der Waals surface area contributed by atoms with Crippen molar-refractivity contribution in [2.75, 3.05) is 11.9 Å². The van der Waals surface area contributed by atoms with Crippen LogP contribution in [0.5, 0.6) is 0 Å².